The molecule has 0 heterocycles. The van der Waals surface area contributed by atoms with Crippen LogP contribution < -0.4 is 5.32 Å². The van der Waals surface area contributed by atoms with Gasteiger partial charge in [-0.25, -0.2) is 0 Å². The number of carbonyl (C=O) groups is 1. The van der Waals surface area contributed by atoms with Gasteiger partial charge < -0.3 is 10.2 Å². The van der Waals surface area contributed by atoms with Crippen LogP contribution in [0.2, 0.25) is 10.0 Å². The van der Waals surface area contributed by atoms with Crippen LogP contribution in [0.15, 0.2) is 18.2 Å². The second-order valence-electron chi connectivity index (χ2n) is 4.59. The number of carbonyl (C=O) groups excluding carboxylic acids is 1. The van der Waals surface area contributed by atoms with E-state index < -0.39 is 0 Å². The Balaban J connectivity index is 2.47. The molecule has 5 heteroatoms. The van der Waals surface area contributed by atoms with Crippen LogP contribution in [0, 0.1) is 0 Å². The van der Waals surface area contributed by atoms with Crippen LogP contribution in [-0.2, 0) is 11.3 Å². The molecular formula is C14H20Cl2N2O. The number of hydrogen-bond acceptors (Lipinski definition) is 2. The molecule has 0 saturated carbocycles. The maximum absolute atomic E-state index is 11.0. The summed E-state index contributed by atoms with van der Waals surface area (Å²) < 4.78 is 0. The zero-order valence-electron chi connectivity index (χ0n) is 11.3. The Bertz CT molecular complexity index is 412. The van der Waals surface area contributed by atoms with Crippen molar-refractivity contribution >= 4 is 29.6 Å². The molecule has 0 aliphatic carbocycles. The molecular weight excluding hydrogens is 283 g/mol. The number of amides is 1. The van der Waals surface area contributed by atoms with Crippen molar-refractivity contribution in [2.24, 2.45) is 0 Å². The van der Waals surface area contributed by atoms with E-state index in [1.165, 1.54) is 0 Å². The maximum atomic E-state index is 11.0. The van der Waals surface area contributed by atoms with E-state index in [2.05, 4.69) is 19.2 Å². The Morgan fingerprint density at radius 2 is 2.11 bits per heavy atom. The van der Waals surface area contributed by atoms with E-state index in [9.17, 15) is 4.79 Å². The van der Waals surface area contributed by atoms with Crippen molar-refractivity contribution in [1.29, 1.82) is 0 Å². The molecule has 0 spiro atoms. The molecule has 0 aromatic heterocycles. The zero-order valence-corrected chi connectivity index (χ0v) is 12.8. The summed E-state index contributed by atoms with van der Waals surface area (Å²) in [5, 5.41) is 4.40. The highest BCUT2D eigenvalue weighted by Gasteiger charge is 2.06. The standard InChI is InChI=1S/C14H20Cl2N2O/c1-3-11(2)17-6-7-18(10-19)9-12-4-5-13(15)14(16)8-12/h4-5,8,10-11,17H,3,6-7,9H2,1-2H3/t11-/m0/s1. The second kappa shape index (κ2) is 8.41. The fourth-order valence-corrected chi connectivity index (χ4v) is 1.96. The van der Waals surface area contributed by atoms with Crippen molar-refractivity contribution in [2.75, 3.05) is 13.1 Å². The van der Waals surface area contributed by atoms with Gasteiger partial charge in [0.2, 0.25) is 6.41 Å². The van der Waals surface area contributed by atoms with E-state index in [1.807, 2.05) is 6.07 Å². The quantitative estimate of drug-likeness (QED) is 0.747. The van der Waals surface area contributed by atoms with Crippen molar-refractivity contribution in [3.05, 3.63) is 33.8 Å². The van der Waals surface area contributed by atoms with E-state index in [4.69, 9.17) is 23.2 Å². The van der Waals surface area contributed by atoms with Crippen molar-refractivity contribution in [2.45, 2.75) is 32.9 Å². The average molecular weight is 303 g/mol. The Morgan fingerprint density at radius 3 is 2.68 bits per heavy atom. The van der Waals surface area contributed by atoms with Gasteiger partial charge in [0, 0.05) is 25.7 Å². The Hall–Kier alpha value is -0.770. The van der Waals surface area contributed by atoms with E-state index in [-0.39, 0.29) is 0 Å². The summed E-state index contributed by atoms with van der Waals surface area (Å²) in [5.41, 5.74) is 0.977. The maximum Gasteiger partial charge on any atom is 0.210 e. The van der Waals surface area contributed by atoms with E-state index >= 15 is 0 Å². The molecule has 0 aliphatic heterocycles. The van der Waals surface area contributed by atoms with Crippen molar-refractivity contribution in [3.8, 4) is 0 Å². The van der Waals surface area contributed by atoms with Crippen LogP contribution in [0.3, 0.4) is 0 Å². The lowest BCUT2D eigenvalue weighted by atomic mass is 10.2. The molecule has 1 N–H and O–H groups in total. The van der Waals surface area contributed by atoms with Gasteiger partial charge in [-0.2, -0.15) is 0 Å². The van der Waals surface area contributed by atoms with Gasteiger partial charge in [-0.3, -0.25) is 4.79 Å². The molecule has 1 atom stereocenters. The first-order chi connectivity index (χ1) is 9.06. The average Bonchev–Trinajstić information content (AvgIpc) is 2.41. The predicted molar refractivity (Wildman–Crippen MR) is 80.7 cm³/mol. The van der Waals surface area contributed by atoms with Gasteiger partial charge in [0.15, 0.2) is 0 Å². The molecule has 19 heavy (non-hydrogen) atoms. The molecule has 1 aromatic rings. The van der Waals surface area contributed by atoms with Crippen molar-refractivity contribution in [1.82, 2.24) is 10.2 Å². The first-order valence-electron chi connectivity index (χ1n) is 6.43. The normalized spacial score (nSPS) is 12.2. The monoisotopic (exact) mass is 302 g/mol. The highest BCUT2D eigenvalue weighted by molar-refractivity contribution is 6.42. The van der Waals surface area contributed by atoms with Gasteiger partial charge in [-0.15, -0.1) is 0 Å². The zero-order chi connectivity index (χ0) is 14.3. The van der Waals surface area contributed by atoms with Crippen LogP contribution in [-0.4, -0.2) is 30.4 Å². The summed E-state index contributed by atoms with van der Waals surface area (Å²) in [6, 6.07) is 5.90. The SMILES string of the molecule is CC[C@H](C)NCCN(C=O)Cc1ccc(Cl)c(Cl)c1. The first kappa shape index (κ1) is 16.3. The minimum absolute atomic E-state index is 0.471. The first-order valence-corrected chi connectivity index (χ1v) is 7.19. The fraction of sp³-hybridized carbons (Fsp3) is 0.500. The number of nitrogens with one attached hydrogen (secondary N) is 1. The Morgan fingerprint density at radius 1 is 1.37 bits per heavy atom. The highest BCUT2D eigenvalue weighted by atomic mass is 35.5. The van der Waals surface area contributed by atoms with E-state index in [1.54, 1.807) is 17.0 Å². The fourth-order valence-electron chi connectivity index (χ4n) is 1.64. The molecule has 1 aromatic carbocycles. The molecule has 0 fully saturated rings. The lowest BCUT2D eigenvalue weighted by molar-refractivity contribution is -0.118. The minimum Gasteiger partial charge on any atom is -0.340 e. The summed E-state index contributed by atoms with van der Waals surface area (Å²) in [5.74, 6) is 0. The van der Waals surface area contributed by atoms with E-state index in [0.29, 0.717) is 29.2 Å². The van der Waals surface area contributed by atoms with Crippen LogP contribution in [0.25, 0.3) is 0 Å². The highest BCUT2D eigenvalue weighted by Crippen LogP contribution is 2.23. The smallest absolute Gasteiger partial charge is 0.210 e. The molecule has 3 nitrogen and oxygen atoms in total. The Labute approximate surface area is 124 Å². The molecule has 1 rings (SSSR count). The van der Waals surface area contributed by atoms with Crippen LogP contribution in [0.1, 0.15) is 25.8 Å². The lowest BCUT2D eigenvalue weighted by Crippen LogP contribution is -2.34. The van der Waals surface area contributed by atoms with Gasteiger partial charge in [-0.05, 0) is 31.0 Å². The number of nitrogens with zero attached hydrogens (tertiary/aromatic N) is 1. The summed E-state index contributed by atoms with van der Waals surface area (Å²) >= 11 is 11.8. The number of hydrogen-bond donors (Lipinski definition) is 1. The van der Waals surface area contributed by atoms with Crippen molar-refractivity contribution < 1.29 is 4.79 Å². The largest absolute Gasteiger partial charge is 0.340 e. The third-order valence-electron chi connectivity index (χ3n) is 3.02. The molecule has 0 bridgehead atoms. The Kier molecular flexibility index (Phi) is 7.21. The van der Waals surface area contributed by atoms with Crippen LogP contribution in [0.4, 0.5) is 0 Å². The third-order valence-corrected chi connectivity index (χ3v) is 3.76. The summed E-state index contributed by atoms with van der Waals surface area (Å²) in [4.78, 5) is 12.8. The van der Waals surface area contributed by atoms with Crippen LogP contribution in [0.5, 0.6) is 0 Å². The van der Waals surface area contributed by atoms with Crippen LogP contribution >= 0.6 is 23.2 Å². The topological polar surface area (TPSA) is 32.3 Å². The minimum atomic E-state index is 0.471. The van der Waals surface area contributed by atoms with Crippen molar-refractivity contribution in [3.63, 3.8) is 0 Å². The summed E-state index contributed by atoms with van der Waals surface area (Å²) in [7, 11) is 0. The van der Waals surface area contributed by atoms with Gasteiger partial charge >= 0.3 is 0 Å². The third kappa shape index (κ3) is 5.81. The summed E-state index contributed by atoms with van der Waals surface area (Å²) in [6.07, 6.45) is 1.94. The van der Waals surface area contributed by atoms with Gasteiger partial charge in [0.25, 0.3) is 0 Å². The molecule has 1 amide bonds. The predicted octanol–water partition coefficient (Wildman–Crippen LogP) is 3.34. The molecule has 106 valence electrons. The molecule has 0 unspecified atom stereocenters. The number of halogens is 2. The van der Waals surface area contributed by atoms with Gasteiger partial charge in [-0.1, -0.05) is 36.2 Å². The summed E-state index contributed by atoms with van der Waals surface area (Å²) in [6.45, 7) is 6.26. The number of rotatable bonds is 8. The molecule has 0 saturated heterocycles. The molecule has 0 aliphatic rings. The van der Waals surface area contributed by atoms with Gasteiger partial charge in [0.1, 0.15) is 0 Å². The van der Waals surface area contributed by atoms with Gasteiger partial charge in [0.05, 0.1) is 10.0 Å². The number of benzene rings is 1. The molecule has 0 radical (unpaired) electrons. The lowest BCUT2D eigenvalue weighted by Gasteiger charge is -2.19. The second-order valence-corrected chi connectivity index (χ2v) is 5.40. The van der Waals surface area contributed by atoms with E-state index in [0.717, 1.165) is 24.9 Å².